The van der Waals surface area contributed by atoms with Crippen LogP contribution < -0.4 is 9.62 Å². The summed E-state index contributed by atoms with van der Waals surface area (Å²) in [4.78, 5) is 29.2. The molecule has 0 bridgehead atoms. The molecule has 3 rings (SSSR count). The summed E-state index contributed by atoms with van der Waals surface area (Å²) < 4.78 is 29.1. The zero-order chi connectivity index (χ0) is 29.7. The van der Waals surface area contributed by atoms with Crippen LogP contribution in [0.15, 0.2) is 77.7 Å². The lowest BCUT2D eigenvalue weighted by atomic mass is 10.1. The molecule has 2 amide bonds. The van der Waals surface area contributed by atoms with Gasteiger partial charge in [0.05, 0.1) is 10.6 Å². The van der Waals surface area contributed by atoms with Crippen molar-refractivity contribution < 1.29 is 18.0 Å². The fraction of sp³-hybridized carbons (Fsp3) is 0.375. The van der Waals surface area contributed by atoms with E-state index in [-0.39, 0.29) is 17.3 Å². The molecule has 3 aromatic carbocycles. The second-order valence-electron chi connectivity index (χ2n) is 11.3. The van der Waals surface area contributed by atoms with Crippen LogP contribution in [0.2, 0.25) is 0 Å². The van der Waals surface area contributed by atoms with E-state index in [1.54, 1.807) is 24.3 Å². The molecular formula is C32H41N3O4S. The maximum atomic E-state index is 14.2. The van der Waals surface area contributed by atoms with Gasteiger partial charge in [0.2, 0.25) is 11.8 Å². The average molecular weight is 564 g/mol. The third-order valence-corrected chi connectivity index (χ3v) is 8.36. The Hall–Kier alpha value is -3.65. The van der Waals surface area contributed by atoms with E-state index in [0.29, 0.717) is 12.1 Å². The molecule has 1 N–H and O–H groups in total. The number of nitrogens with one attached hydrogen (secondary N) is 1. The highest BCUT2D eigenvalue weighted by molar-refractivity contribution is 7.92. The second kappa shape index (κ2) is 12.7. The van der Waals surface area contributed by atoms with Gasteiger partial charge in [0, 0.05) is 12.1 Å². The molecule has 0 aliphatic heterocycles. The number of sulfonamides is 1. The van der Waals surface area contributed by atoms with E-state index in [1.807, 2.05) is 84.9 Å². The predicted octanol–water partition coefficient (Wildman–Crippen LogP) is 5.53. The van der Waals surface area contributed by atoms with Crippen molar-refractivity contribution in [3.8, 4) is 0 Å². The van der Waals surface area contributed by atoms with Crippen molar-refractivity contribution in [2.24, 2.45) is 0 Å². The smallest absolute Gasteiger partial charge is 0.264 e. The summed E-state index contributed by atoms with van der Waals surface area (Å²) >= 11 is 0. The van der Waals surface area contributed by atoms with Gasteiger partial charge in [0.15, 0.2) is 0 Å². The lowest BCUT2D eigenvalue weighted by Gasteiger charge is -2.35. The van der Waals surface area contributed by atoms with Crippen molar-refractivity contribution in [1.82, 2.24) is 10.2 Å². The molecule has 1 atom stereocenters. The number of carbonyl (C=O) groups excluding carboxylic acids is 2. The van der Waals surface area contributed by atoms with Crippen LogP contribution in [0.25, 0.3) is 0 Å². The molecule has 0 saturated carbocycles. The number of nitrogens with zero attached hydrogens (tertiary/aromatic N) is 2. The predicted molar refractivity (Wildman–Crippen MR) is 161 cm³/mol. The number of amides is 2. The van der Waals surface area contributed by atoms with Gasteiger partial charge in [-0.05, 0) is 77.3 Å². The maximum absolute atomic E-state index is 14.2. The fourth-order valence-corrected chi connectivity index (χ4v) is 6.08. The molecule has 3 aromatic rings. The van der Waals surface area contributed by atoms with Crippen LogP contribution >= 0.6 is 0 Å². The minimum Gasteiger partial charge on any atom is -0.350 e. The summed E-state index contributed by atoms with van der Waals surface area (Å²) in [5, 5.41) is 2.99. The Kier molecular flexibility index (Phi) is 9.79. The van der Waals surface area contributed by atoms with Crippen molar-refractivity contribution in [2.45, 2.75) is 77.9 Å². The van der Waals surface area contributed by atoms with Crippen LogP contribution in [-0.4, -0.2) is 43.3 Å². The molecule has 0 spiro atoms. The van der Waals surface area contributed by atoms with Gasteiger partial charge in [-0.3, -0.25) is 13.9 Å². The Labute approximate surface area is 239 Å². The molecular weight excluding hydrogens is 522 g/mol. The summed E-state index contributed by atoms with van der Waals surface area (Å²) in [6.45, 7) is 13.0. The SMILES string of the molecule is CCC(C(=O)NC(C)(C)C)N(Cc1ccc(C)cc1)C(=O)CN(c1ccc(C)cc1C)S(=O)(=O)c1ccccc1. The van der Waals surface area contributed by atoms with Crippen molar-refractivity contribution in [1.29, 1.82) is 0 Å². The summed E-state index contributed by atoms with van der Waals surface area (Å²) in [6.07, 6.45) is 0.370. The highest BCUT2D eigenvalue weighted by Crippen LogP contribution is 2.28. The molecule has 40 heavy (non-hydrogen) atoms. The summed E-state index contributed by atoms with van der Waals surface area (Å²) in [5.41, 5.74) is 3.57. The lowest BCUT2D eigenvalue weighted by Crippen LogP contribution is -2.55. The molecule has 214 valence electrons. The molecule has 0 radical (unpaired) electrons. The molecule has 1 unspecified atom stereocenters. The molecule has 0 saturated heterocycles. The second-order valence-corrected chi connectivity index (χ2v) is 13.1. The number of benzene rings is 3. The Morgan fingerprint density at radius 1 is 0.875 bits per heavy atom. The quantitative estimate of drug-likeness (QED) is 0.352. The zero-order valence-electron chi connectivity index (χ0n) is 24.6. The Morgan fingerprint density at radius 3 is 2.02 bits per heavy atom. The molecule has 0 aromatic heterocycles. The third-order valence-electron chi connectivity index (χ3n) is 6.59. The molecule has 0 aliphatic rings. The van der Waals surface area contributed by atoms with Crippen molar-refractivity contribution in [3.05, 3.63) is 95.1 Å². The normalized spacial score (nSPS) is 12.5. The highest BCUT2D eigenvalue weighted by atomic mass is 32.2. The van der Waals surface area contributed by atoms with Gasteiger partial charge in [-0.15, -0.1) is 0 Å². The Balaban J connectivity index is 2.09. The number of anilines is 1. The number of hydrogen-bond acceptors (Lipinski definition) is 4. The van der Waals surface area contributed by atoms with E-state index in [1.165, 1.54) is 17.0 Å². The Bertz CT molecular complexity index is 1430. The van der Waals surface area contributed by atoms with Crippen LogP contribution in [0.1, 0.15) is 56.4 Å². The van der Waals surface area contributed by atoms with Crippen LogP contribution in [-0.2, 0) is 26.2 Å². The molecule has 7 nitrogen and oxygen atoms in total. The first-order chi connectivity index (χ1) is 18.7. The van der Waals surface area contributed by atoms with Gasteiger partial charge in [0.1, 0.15) is 12.6 Å². The van der Waals surface area contributed by atoms with E-state index < -0.39 is 34.1 Å². The number of carbonyl (C=O) groups is 2. The first-order valence-corrected chi connectivity index (χ1v) is 15.0. The van der Waals surface area contributed by atoms with E-state index in [9.17, 15) is 18.0 Å². The molecule has 0 fully saturated rings. The first kappa shape index (κ1) is 30.9. The highest BCUT2D eigenvalue weighted by Gasteiger charge is 2.35. The fourth-order valence-electron chi connectivity index (χ4n) is 4.58. The van der Waals surface area contributed by atoms with Crippen LogP contribution in [0.5, 0.6) is 0 Å². The Morgan fingerprint density at radius 2 is 1.48 bits per heavy atom. The summed E-state index contributed by atoms with van der Waals surface area (Å²) in [6, 6.07) is 20.5. The summed E-state index contributed by atoms with van der Waals surface area (Å²) in [7, 11) is -4.09. The van der Waals surface area contributed by atoms with Gasteiger partial charge in [-0.2, -0.15) is 0 Å². The van der Waals surface area contributed by atoms with E-state index in [0.717, 1.165) is 26.6 Å². The maximum Gasteiger partial charge on any atom is 0.264 e. The van der Waals surface area contributed by atoms with Crippen molar-refractivity contribution in [3.63, 3.8) is 0 Å². The monoisotopic (exact) mass is 563 g/mol. The van der Waals surface area contributed by atoms with Crippen LogP contribution in [0.4, 0.5) is 5.69 Å². The van der Waals surface area contributed by atoms with Gasteiger partial charge < -0.3 is 10.2 Å². The third kappa shape index (κ3) is 7.72. The molecule has 0 aliphatic carbocycles. The minimum absolute atomic E-state index is 0.0883. The van der Waals surface area contributed by atoms with E-state index in [2.05, 4.69) is 5.32 Å². The van der Waals surface area contributed by atoms with Gasteiger partial charge in [-0.1, -0.05) is 72.6 Å². The minimum atomic E-state index is -4.09. The molecule has 0 heterocycles. The molecule has 8 heteroatoms. The summed E-state index contributed by atoms with van der Waals surface area (Å²) in [5.74, 6) is -0.740. The lowest BCUT2D eigenvalue weighted by molar-refractivity contribution is -0.141. The van der Waals surface area contributed by atoms with E-state index >= 15 is 0 Å². The first-order valence-electron chi connectivity index (χ1n) is 13.5. The zero-order valence-corrected chi connectivity index (χ0v) is 25.4. The van der Waals surface area contributed by atoms with Crippen LogP contribution in [0, 0.1) is 20.8 Å². The number of rotatable bonds is 10. The largest absolute Gasteiger partial charge is 0.350 e. The van der Waals surface area contributed by atoms with Gasteiger partial charge in [0.25, 0.3) is 10.0 Å². The topological polar surface area (TPSA) is 86.8 Å². The van der Waals surface area contributed by atoms with E-state index in [4.69, 9.17) is 0 Å². The average Bonchev–Trinajstić information content (AvgIpc) is 2.88. The van der Waals surface area contributed by atoms with Gasteiger partial charge >= 0.3 is 0 Å². The van der Waals surface area contributed by atoms with Crippen LogP contribution in [0.3, 0.4) is 0 Å². The van der Waals surface area contributed by atoms with Crippen molar-refractivity contribution in [2.75, 3.05) is 10.8 Å². The number of aryl methyl sites for hydroxylation is 3. The number of hydrogen-bond donors (Lipinski definition) is 1. The van der Waals surface area contributed by atoms with Crippen molar-refractivity contribution >= 4 is 27.5 Å². The van der Waals surface area contributed by atoms with Gasteiger partial charge in [-0.25, -0.2) is 8.42 Å². The standard InChI is InChI=1S/C32H41N3O4S/c1-8-28(31(37)33-32(5,6)7)34(21-26-17-14-23(2)15-18-26)30(36)22-35(29-19-16-24(3)20-25(29)4)40(38,39)27-12-10-9-11-13-27/h9-20,28H,8,21-22H2,1-7H3,(H,33,37).